The van der Waals surface area contributed by atoms with Crippen molar-refractivity contribution in [1.82, 2.24) is 0 Å². The van der Waals surface area contributed by atoms with Gasteiger partial charge in [-0.2, -0.15) is 0 Å². The number of hydrogen-bond donors (Lipinski definition) is 3. The molecular formula is C14H11NO5Zn. The fourth-order valence-electron chi connectivity index (χ4n) is 1.53. The summed E-state index contributed by atoms with van der Waals surface area (Å²) in [6.45, 7) is 0. The second-order valence-corrected chi connectivity index (χ2v) is 3.86. The SMILES string of the molecule is O=C(Nc1ccc(C(=O)O)c(O)c1)Oc1ccccc1.[Zn]. The maximum atomic E-state index is 11.6. The molecule has 104 valence electrons. The summed E-state index contributed by atoms with van der Waals surface area (Å²) in [6, 6.07) is 12.1. The summed E-state index contributed by atoms with van der Waals surface area (Å²) in [6.07, 6.45) is -0.737. The van der Waals surface area contributed by atoms with Crippen LogP contribution in [0.2, 0.25) is 0 Å². The van der Waals surface area contributed by atoms with E-state index in [0.29, 0.717) is 5.75 Å². The molecule has 2 aromatic carbocycles. The van der Waals surface area contributed by atoms with Crippen molar-refractivity contribution in [2.75, 3.05) is 5.32 Å². The molecule has 0 aliphatic carbocycles. The third kappa shape index (κ3) is 4.58. The Bertz CT molecular complexity index is 645. The van der Waals surface area contributed by atoms with E-state index in [-0.39, 0.29) is 30.7 Å². The first-order valence-corrected chi connectivity index (χ1v) is 5.66. The zero-order valence-electron chi connectivity index (χ0n) is 10.9. The monoisotopic (exact) mass is 337 g/mol. The van der Waals surface area contributed by atoms with E-state index in [1.165, 1.54) is 12.1 Å². The van der Waals surface area contributed by atoms with Crippen LogP contribution in [0.25, 0.3) is 0 Å². The number of benzene rings is 2. The van der Waals surface area contributed by atoms with E-state index in [1.54, 1.807) is 30.3 Å². The van der Waals surface area contributed by atoms with E-state index in [1.807, 2.05) is 0 Å². The number of carboxylic acids is 1. The number of aromatic hydroxyl groups is 1. The van der Waals surface area contributed by atoms with Gasteiger partial charge in [0.15, 0.2) is 0 Å². The summed E-state index contributed by atoms with van der Waals surface area (Å²) >= 11 is 0. The van der Waals surface area contributed by atoms with Crippen molar-refractivity contribution in [1.29, 1.82) is 0 Å². The summed E-state index contributed by atoms with van der Waals surface area (Å²) < 4.78 is 4.99. The molecule has 1 amide bonds. The van der Waals surface area contributed by atoms with Crippen LogP contribution in [0.15, 0.2) is 48.5 Å². The second kappa shape index (κ2) is 7.40. The first kappa shape index (κ1) is 16.7. The van der Waals surface area contributed by atoms with Crippen LogP contribution in [0, 0.1) is 0 Å². The van der Waals surface area contributed by atoms with E-state index in [4.69, 9.17) is 9.84 Å². The van der Waals surface area contributed by atoms with Crippen molar-refractivity contribution in [3.63, 3.8) is 0 Å². The topological polar surface area (TPSA) is 95.9 Å². The molecule has 0 aliphatic heterocycles. The maximum Gasteiger partial charge on any atom is 0.417 e. The predicted molar refractivity (Wildman–Crippen MR) is 71.2 cm³/mol. The number of hydrogen-bond acceptors (Lipinski definition) is 4. The Balaban J connectivity index is 0.00000220. The molecule has 0 unspecified atom stereocenters. The van der Waals surface area contributed by atoms with Crippen LogP contribution >= 0.6 is 0 Å². The van der Waals surface area contributed by atoms with Gasteiger partial charge in [-0.25, -0.2) is 9.59 Å². The van der Waals surface area contributed by atoms with Gasteiger partial charge < -0.3 is 14.9 Å². The van der Waals surface area contributed by atoms with Gasteiger partial charge in [0, 0.05) is 31.2 Å². The molecule has 0 spiro atoms. The Labute approximate surface area is 133 Å². The van der Waals surface area contributed by atoms with Crippen LogP contribution in [-0.2, 0) is 19.5 Å². The molecule has 7 heteroatoms. The van der Waals surface area contributed by atoms with Crippen LogP contribution in [0.4, 0.5) is 10.5 Å². The Morgan fingerprint density at radius 1 is 1.05 bits per heavy atom. The number of aromatic carboxylic acids is 1. The molecule has 2 aromatic rings. The van der Waals surface area contributed by atoms with Gasteiger partial charge in [0.25, 0.3) is 0 Å². The first-order chi connectivity index (χ1) is 9.56. The van der Waals surface area contributed by atoms with Gasteiger partial charge in [0.05, 0.1) is 0 Å². The molecule has 0 fully saturated rings. The van der Waals surface area contributed by atoms with E-state index < -0.39 is 17.8 Å². The summed E-state index contributed by atoms with van der Waals surface area (Å²) in [7, 11) is 0. The van der Waals surface area contributed by atoms with Crippen LogP contribution in [0.1, 0.15) is 10.4 Å². The van der Waals surface area contributed by atoms with Crippen LogP contribution in [0.5, 0.6) is 11.5 Å². The fraction of sp³-hybridized carbons (Fsp3) is 0. The van der Waals surface area contributed by atoms with Gasteiger partial charge in [-0.3, -0.25) is 5.32 Å². The number of para-hydroxylation sites is 1. The molecule has 0 radical (unpaired) electrons. The Hall–Kier alpha value is -2.40. The molecule has 0 saturated heterocycles. The van der Waals surface area contributed by atoms with Crippen molar-refractivity contribution in [3.8, 4) is 11.5 Å². The smallest absolute Gasteiger partial charge is 0.417 e. The minimum absolute atomic E-state index is 0. The number of carbonyl (C=O) groups excluding carboxylic acids is 1. The normalized spacial score (nSPS) is 9.33. The van der Waals surface area contributed by atoms with E-state index in [0.717, 1.165) is 6.07 Å². The molecule has 0 heterocycles. The molecule has 0 saturated carbocycles. The second-order valence-electron chi connectivity index (χ2n) is 3.86. The minimum atomic E-state index is -1.25. The summed E-state index contributed by atoms with van der Waals surface area (Å²) in [5.74, 6) is -1.31. The quantitative estimate of drug-likeness (QED) is 0.748. The average Bonchev–Trinajstić information content (AvgIpc) is 2.39. The Kier molecular flexibility index (Phi) is 5.87. The maximum absolute atomic E-state index is 11.6. The zero-order chi connectivity index (χ0) is 14.5. The zero-order valence-corrected chi connectivity index (χ0v) is 13.9. The number of anilines is 1. The number of amides is 1. The predicted octanol–water partition coefficient (Wildman–Crippen LogP) is 2.70. The largest absolute Gasteiger partial charge is 0.507 e. The number of carboxylic acid groups (broad SMARTS) is 1. The molecule has 0 bridgehead atoms. The molecule has 0 aromatic heterocycles. The van der Waals surface area contributed by atoms with Crippen molar-refractivity contribution in [2.24, 2.45) is 0 Å². The van der Waals surface area contributed by atoms with E-state index >= 15 is 0 Å². The molecule has 6 nitrogen and oxygen atoms in total. The van der Waals surface area contributed by atoms with Crippen molar-refractivity contribution in [3.05, 3.63) is 54.1 Å². The van der Waals surface area contributed by atoms with Crippen LogP contribution in [0.3, 0.4) is 0 Å². The number of ether oxygens (including phenoxy) is 1. The standard InChI is InChI=1S/C14H11NO5.Zn/c16-12-8-9(6-7-11(12)13(17)18)15-14(19)20-10-4-2-1-3-5-10;/h1-8,16H,(H,15,19)(H,17,18);. The Morgan fingerprint density at radius 2 is 1.71 bits per heavy atom. The molecule has 0 atom stereocenters. The Morgan fingerprint density at radius 3 is 2.29 bits per heavy atom. The molecule has 21 heavy (non-hydrogen) atoms. The van der Waals surface area contributed by atoms with Gasteiger partial charge >= 0.3 is 12.1 Å². The summed E-state index contributed by atoms with van der Waals surface area (Å²) in [4.78, 5) is 22.3. The van der Waals surface area contributed by atoms with E-state index in [2.05, 4.69) is 5.32 Å². The van der Waals surface area contributed by atoms with Crippen molar-refractivity contribution < 1.29 is 44.0 Å². The van der Waals surface area contributed by atoms with E-state index in [9.17, 15) is 14.7 Å². The molecule has 3 N–H and O–H groups in total. The number of rotatable bonds is 3. The summed E-state index contributed by atoms with van der Waals surface area (Å²) in [5, 5.41) is 20.6. The molecule has 0 aliphatic rings. The van der Waals surface area contributed by atoms with Crippen LogP contribution < -0.4 is 10.1 Å². The number of nitrogens with one attached hydrogen (secondary N) is 1. The van der Waals surface area contributed by atoms with Crippen molar-refractivity contribution in [2.45, 2.75) is 0 Å². The molecule has 2 rings (SSSR count). The van der Waals surface area contributed by atoms with Gasteiger partial charge in [-0.15, -0.1) is 0 Å². The fourth-order valence-corrected chi connectivity index (χ4v) is 1.53. The third-order valence-corrected chi connectivity index (χ3v) is 2.43. The van der Waals surface area contributed by atoms with Gasteiger partial charge in [-0.05, 0) is 24.3 Å². The molecular weight excluding hydrogens is 328 g/mol. The average molecular weight is 339 g/mol. The van der Waals surface area contributed by atoms with Gasteiger partial charge in [0.2, 0.25) is 0 Å². The van der Waals surface area contributed by atoms with Crippen LogP contribution in [-0.4, -0.2) is 22.3 Å². The number of carbonyl (C=O) groups is 2. The van der Waals surface area contributed by atoms with Gasteiger partial charge in [0.1, 0.15) is 17.1 Å². The third-order valence-electron chi connectivity index (χ3n) is 2.43. The number of phenols is 1. The first-order valence-electron chi connectivity index (χ1n) is 5.66. The van der Waals surface area contributed by atoms with Crippen molar-refractivity contribution >= 4 is 17.7 Å². The summed E-state index contributed by atoms with van der Waals surface area (Å²) in [5.41, 5.74) is -0.0135. The minimum Gasteiger partial charge on any atom is -0.507 e. The van der Waals surface area contributed by atoms with Gasteiger partial charge in [-0.1, -0.05) is 18.2 Å².